The van der Waals surface area contributed by atoms with Crippen molar-refractivity contribution >= 4 is 44.4 Å². The molecule has 1 aliphatic carbocycles. The fourth-order valence-electron chi connectivity index (χ4n) is 4.63. The van der Waals surface area contributed by atoms with Crippen molar-refractivity contribution in [1.29, 1.82) is 0 Å². The van der Waals surface area contributed by atoms with Gasteiger partial charge in [0.05, 0.1) is 26.4 Å². The monoisotopic (exact) mass is 516 g/mol. The number of aryl methyl sites for hydroxylation is 1. The SMILES string of the molecule is Cc1ccc(S(=O)(=O)n2nc(N3CCN(C(=O)OC(C)(C)C)CC34CC4)c3c(Cl)cccc32)cc1. The maximum atomic E-state index is 13.6. The summed E-state index contributed by atoms with van der Waals surface area (Å²) in [6, 6.07) is 11.9. The summed E-state index contributed by atoms with van der Waals surface area (Å²) < 4.78 is 33.8. The summed E-state index contributed by atoms with van der Waals surface area (Å²) in [4.78, 5) is 16.7. The number of anilines is 1. The molecule has 10 heteroatoms. The van der Waals surface area contributed by atoms with Crippen molar-refractivity contribution in [3.05, 3.63) is 53.1 Å². The van der Waals surface area contributed by atoms with Crippen molar-refractivity contribution in [3.8, 4) is 0 Å². The van der Waals surface area contributed by atoms with E-state index in [9.17, 15) is 13.2 Å². The molecule has 1 saturated heterocycles. The molecule has 2 fully saturated rings. The summed E-state index contributed by atoms with van der Waals surface area (Å²) in [5, 5.41) is 5.68. The van der Waals surface area contributed by atoms with Crippen LogP contribution < -0.4 is 4.90 Å². The van der Waals surface area contributed by atoms with Gasteiger partial charge in [0.1, 0.15) is 5.60 Å². The lowest BCUT2D eigenvalue weighted by molar-refractivity contribution is 0.0205. The summed E-state index contributed by atoms with van der Waals surface area (Å²) in [6.45, 7) is 8.90. The summed E-state index contributed by atoms with van der Waals surface area (Å²) in [5.74, 6) is 0.530. The third kappa shape index (κ3) is 4.25. The average Bonchev–Trinajstić information content (AvgIpc) is 3.41. The number of fused-ring (bicyclic) bond motifs is 1. The van der Waals surface area contributed by atoms with Gasteiger partial charge in [-0.15, -0.1) is 5.10 Å². The van der Waals surface area contributed by atoms with E-state index in [1.165, 1.54) is 0 Å². The van der Waals surface area contributed by atoms with Crippen molar-refractivity contribution in [3.63, 3.8) is 0 Å². The highest BCUT2D eigenvalue weighted by Gasteiger charge is 2.54. The molecule has 1 spiro atoms. The van der Waals surface area contributed by atoms with E-state index in [1.54, 1.807) is 47.4 Å². The number of carbonyl (C=O) groups excluding carboxylic acids is 1. The van der Waals surface area contributed by atoms with Crippen LogP contribution >= 0.6 is 11.6 Å². The Bertz CT molecular complexity index is 1410. The Labute approximate surface area is 210 Å². The van der Waals surface area contributed by atoms with Crippen molar-refractivity contribution < 1.29 is 17.9 Å². The predicted octanol–water partition coefficient (Wildman–Crippen LogP) is 4.82. The van der Waals surface area contributed by atoms with Crippen LogP contribution in [0.2, 0.25) is 5.02 Å². The fraction of sp³-hybridized carbons (Fsp3) is 0.440. The Kier molecular flexibility index (Phi) is 5.56. The van der Waals surface area contributed by atoms with Gasteiger partial charge >= 0.3 is 6.09 Å². The number of hydrogen-bond donors (Lipinski definition) is 0. The molecule has 3 aromatic rings. The number of rotatable bonds is 3. The molecule has 8 nitrogen and oxygen atoms in total. The summed E-state index contributed by atoms with van der Waals surface area (Å²) in [6.07, 6.45) is 1.41. The number of carbonyl (C=O) groups is 1. The third-order valence-electron chi connectivity index (χ3n) is 6.54. The Morgan fingerprint density at radius 3 is 2.40 bits per heavy atom. The van der Waals surface area contributed by atoms with Crippen molar-refractivity contribution in [2.75, 3.05) is 24.5 Å². The number of benzene rings is 2. The molecule has 1 aliphatic heterocycles. The molecule has 0 N–H and O–H groups in total. The Morgan fingerprint density at radius 2 is 1.77 bits per heavy atom. The summed E-state index contributed by atoms with van der Waals surface area (Å²) in [7, 11) is -3.94. The number of amides is 1. The van der Waals surface area contributed by atoms with Gasteiger partial charge < -0.3 is 14.5 Å². The molecule has 35 heavy (non-hydrogen) atoms. The van der Waals surface area contributed by atoms with E-state index in [0.29, 0.717) is 41.4 Å². The second-order valence-electron chi connectivity index (χ2n) is 10.4. The van der Waals surface area contributed by atoms with Gasteiger partial charge in [0, 0.05) is 19.6 Å². The van der Waals surface area contributed by atoms with Crippen molar-refractivity contribution in [1.82, 2.24) is 14.1 Å². The van der Waals surface area contributed by atoms with Gasteiger partial charge in [0.2, 0.25) is 0 Å². The number of halogens is 1. The van der Waals surface area contributed by atoms with Crippen LogP contribution in [0.25, 0.3) is 10.9 Å². The number of piperazine rings is 1. The molecule has 1 aromatic heterocycles. The first-order valence-electron chi connectivity index (χ1n) is 11.7. The van der Waals surface area contributed by atoms with Crippen LogP contribution in [0.4, 0.5) is 10.6 Å². The molecule has 186 valence electrons. The number of nitrogens with zero attached hydrogens (tertiary/aromatic N) is 4. The van der Waals surface area contributed by atoms with E-state index < -0.39 is 15.6 Å². The van der Waals surface area contributed by atoms with Crippen LogP contribution in [0.1, 0.15) is 39.2 Å². The zero-order chi connectivity index (χ0) is 25.2. The van der Waals surface area contributed by atoms with Crippen LogP contribution in [0.15, 0.2) is 47.4 Å². The van der Waals surface area contributed by atoms with Crippen LogP contribution in [0, 0.1) is 6.92 Å². The highest BCUT2D eigenvalue weighted by atomic mass is 35.5. The largest absolute Gasteiger partial charge is 0.444 e. The molecule has 0 bridgehead atoms. The van der Waals surface area contributed by atoms with Crippen LogP contribution in [0.3, 0.4) is 0 Å². The molecule has 1 saturated carbocycles. The van der Waals surface area contributed by atoms with Gasteiger partial charge in [-0.1, -0.05) is 35.4 Å². The lowest BCUT2D eigenvalue weighted by atomic mass is 10.1. The lowest BCUT2D eigenvalue weighted by Gasteiger charge is -2.42. The number of aromatic nitrogens is 2. The maximum absolute atomic E-state index is 13.6. The van der Waals surface area contributed by atoms with Crippen molar-refractivity contribution in [2.24, 2.45) is 0 Å². The molecular formula is C25H29ClN4O4S. The topological polar surface area (TPSA) is 84.7 Å². The standard InChI is InChI=1S/C25H29ClN4O4S/c1-17-8-10-18(11-9-17)35(32,33)30-20-7-5-6-19(26)21(20)22(27-30)29-15-14-28(16-25(29)12-13-25)23(31)34-24(2,3)4/h5-11H,12-16H2,1-4H3. The maximum Gasteiger partial charge on any atom is 0.410 e. The quantitative estimate of drug-likeness (QED) is 0.496. The normalized spacial score (nSPS) is 17.7. The Morgan fingerprint density at radius 1 is 1.09 bits per heavy atom. The minimum atomic E-state index is -3.94. The molecule has 0 unspecified atom stereocenters. The summed E-state index contributed by atoms with van der Waals surface area (Å²) >= 11 is 6.62. The Hall–Kier alpha value is -2.78. The lowest BCUT2D eigenvalue weighted by Crippen LogP contribution is -2.57. The minimum Gasteiger partial charge on any atom is -0.444 e. The van der Waals surface area contributed by atoms with Gasteiger partial charge in [-0.3, -0.25) is 0 Å². The van der Waals surface area contributed by atoms with E-state index in [0.717, 1.165) is 22.5 Å². The molecule has 5 rings (SSSR count). The highest BCUT2D eigenvalue weighted by Crippen LogP contribution is 2.48. The molecule has 2 aromatic carbocycles. The minimum absolute atomic E-state index is 0.162. The molecule has 2 aliphatic rings. The fourth-order valence-corrected chi connectivity index (χ4v) is 6.16. The first-order chi connectivity index (χ1) is 16.4. The van der Waals surface area contributed by atoms with E-state index in [1.807, 2.05) is 27.7 Å². The van der Waals surface area contributed by atoms with Gasteiger partial charge in [0.25, 0.3) is 10.0 Å². The zero-order valence-corrected chi connectivity index (χ0v) is 21.9. The molecule has 2 heterocycles. The molecule has 1 amide bonds. The smallest absolute Gasteiger partial charge is 0.410 e. The average molecular weight is 517 g/mol. The molecule has 0 atom stereocenters. The van der Waals surface area contributed by atoms with E-state index in [4.69, 9.17) is 16.3 Å². The van der Waals surface area contributed by atoms with E-state index in [-0.39, 0.29) is 16.5 Å². The van der Waals surface area contributed by atoms with Gasteiger partial charge in [0.15, 0.2) is 5.82 Å². The predicted molar refractivity (Wildman–Crippen MR) is 136 cm³/mol. The zero-order valence-electron chi connectivity index (χ0n) is 20.3. The number of hydrogen-bond acceptors (Lipinski definition) is 6. The first-order valence-corrected chi connectivity index (χ1v) is 13.5. The third-order valence-corrected chi connectivity index (χ3v) is 8.46. The van der Waals surface area contributed by atoms with E-state index in [2.05, 4.69) is 10.00 Å². The van der Waals surface area contributed by atoms with Crippen LogP contribution in [0.5, 0.6) is 0 Å². The van der Waals surface area contributed by atoms with Crippen LogP contribution in [-0.2, 0) is 14.8 Å². The highest BCUT2D eigenvalue weighted by molar-refractivity contribution is 7.90. The van der Waals surface area contributed by atoms with Gasteiger partial charge in [-0.05, 0) is 64.8 Å². The molecular weight excluding hydrogens is 488 g/mol. The van der Waals surface area contributed by atoms with Gasteiger partial charge in [-0.2, -0.15) is 12.5 Å². The van der Waals surface area contributed by atoms with Gasteiger partial charge in [-0.25, -0.2) is 4.79 Å². The molecule has 0 radical (unpaired) electrons. The number of ether oxygens (including phenoxy) is 1. The Balaban J connectivity index is 1.55. The first kappa shape index (κ1) is 23.9. The summed E-state index contributed by atoms with van der Waals surface area (Å²) in [5.41, 5.74) is 0.515. The van der Waals surface area contributed by atoms with Crippen LogP contribution in [-0.4, -0.2) is 59.4 Å². The van der Waals surface area contributed by atoms with E-state index >= 15 is 0 Å². The second kappa shape index (κ2) is 8.13. The second-order valence-corrected chi connectivity index (χ2v) is 12.6. The van der Waals surface area contributed by atoms with Crippen molar-refractivity contribution in [2.45, 2.75) is 56.6 Å².